The Hall–Kier alpha value is -12.2. The van der Waals surface area contributed by atoms with E-state index in [0.29, 0.717) is 97.4 Å². The molecule has 30 nitrogen and oxygen atoms in total. The van der Waals surface area contributed by atoms with Crippen LogP contribution in [0.15, 0.2) is 177 Å². The topological polar surface area (TPSA) is 416 Å². The molecule has 3 aromatic carbocycles. The van der Waals surface area contributed by atoms with Gasteiger partial charge in [-0.1, -0.05) is 13.5 Å². The van der Waals surface area contributed by atoms with Crippen LogP contribution in [-0.2, 0) is 41.1 Å². The Bertz CT molecular complexity index is 5890. The number of carbonyl (C=O) groups is 4. The first kappa shape index (κ1) is 112. The van der Waals surface area contributed by atoms with Crippen molar-refractivity contribution in [3.63, 3.8) is 0 Å². The predicted molar refractivity (Wildman–Crippen MR) is 487 cm³/mol. The van der Waals surface area contributed by atoms with Crippen molar-refractivity contribution in [1.82, 2.24) is 58.5 Å². The number of urea groups is 3. The molecule has 1 saturated heterocycles. The number of nitrogen functional groups attached to an aromatic ring is 1. The molecule has 10 N–H and O–H groups in total. The molecule has 1 aliphatic heterocycles. The molecule has 1 aliphatic rings. The van der Waals surface area contributed by atoms with Crippen molar-refractivity contribution in [3.8, 4) is 64.0 Å². The molecule has 45 heteroatoms. The summed E-state index contributed by atoms with van der Waals surface area (Å²) in [7, 11) is -0.709. The summed E-state index contributed by atoms with van der Waals surface area (Å²) >= 11 is 16.5. The van der Waals surface area contributed by atoms with Gasteiger partial charge in [-0.2, -0.15) is 60.6 Å². The van der Waals surface area contributed by atoms with E-state index < -0.39 is 74.6 Å². The van der Waals surface area contributed by atoms with Gasteiger partial charge < -0.3 is 83.5 Å². The molecule has 1 fully saturated rings. The van der Waals surface area contributed by atoms with Crippen LogP contribution in [0.3, 0.4) is 0 Å². The number of hydrogen-bond acceptors (Lipinski definition) is 20. The van der Waals surface area contributed by atoms with Gasteiger partial charge in [0.25, 0.3) is 0 Å². The second kappa shape index (κ2) is 52.4. The van der Waals surface area contributed by atoms with Crippen LogP contribution in [-0.4, -0.2) is 153 Å². The summed E-state index contributed by atoms with van der Waals surface area (Å²) in [5, 5.41) is 47.7. The molecule has 0 spiro atoms. The number of carbonyl (C=O) groups excluding carboxylic acids is 4. The van der Waals surface area contributed by atoms with Gasteiger partial charge in [0.2, 0.25) is 0 Å². The van der Waals surface area contributed by atoms with Crippen LogP contribution in [0.5, 0.6) is 17.2 Å². The Labute approximate surface area is 787 Å². The quantitative estimate of drug-likeness (QED) is 0.0105. The largest absolute Gasteiger partial charge is 0.495 e. The summed E-state index contributed by atoms with van der Waals surface area (Å²) < 4.78 is 148. The van der Waals surface area contributed by atoms with E-state index in [2.05, 4.69) is 81.7 Å². The van der Waals surface area contributed by atoms with Gasteiger partial charge in [0.1, 0.15) is 82.6 Å². The number of rotatable bonds is 17. The third-order valence-electron chi connectivity index (χ3n) is 16.8. The number of halogens is 13. The number of aldehydes is 1. The molecule has 6 amide bonds. The molecule has 0 unspecified atom stereocenters. The molecule has 0 radical (unpaired) electrons. The number of alkyl halides is 12. The second-order valence-electron chi connectivity index (χ2n) is 28.1. The van der Waals surface area contributed by atoms with Crippen LogP contribution in [0.2, 0.25) is 0 Å². The van der Waals surface area contributed by atoms with Gasteiger partial charge in [-0.25, -0.2) is 39.3 Å². The summed E-state index contributed by atoms with van der Waals surface area (Å²) in [5.41, 5.74) is 19.4. The second-order valence-corrected chi connectivity index (χ2v) is 30.3. The van der Waals surface area contributed by atoms with E-state index in [9.17, 15) is 59.2 Å². The number of benzene rings is 3. The van der Waals surface area contributed by atoms with Gasteiger partial charge in [0.05, 0.1) is 93.0 Å². The average Bonchev–Trinajstić information content (AvgIpc) is 1.62. The molecule has 130 heavy (non-hydrogen) atoms. The average molecular weight is 2080 g/mol. The number of aromatic nitrogens is 9. The number of fused-ring (bicyclic) bond motifs is 4. The fraction of sp³-hybridized carbons (Fsp3) is 0.294. The van der Waals surface area contributed by atoms with Crippen LogP contribution < -0.4 is 63.0 Å². The molecule has 0 bridgehead atoms. The fourth-order valence-electron chi connectivity index (χ4n) is 10.9. The summed E-state index contributed by atoms with van der Waals surface area (Å²) in [6.07, 6.45) is 4.03. The number of pyridine rings is 5. The number of nitrogens with one attached hydrogen (secondary N) is 6. The maximum absolute atomic E-state index is 12.3. The number of nitriles is 4. The molecule has 698 valence electrons. The van der Waals surface area contributed by atoms with Crippen molar-refractivity contribution in [2.24, 2.45) is 5.73 Å². The van der Waals surface area contributed by atoms with Crippen molar-refractivity contribution >= 4 is 140 Å². The van der Waals surface area contributed by atoms with E-state index in [1.54, 1.807) is 136 Å². The monoisotopic (exact) mass is 2070 g/mol. The van der Waals surface area contributed by atoms with Crippen LogP contribution in [0.4, 0.5) is 76.8 Å². The van der Waals surface area contributed by atoms with Crippen molar-refractivity contribution in [2.45, 2.75) is 131 Å². The van der Waals surface area contributed by atoms with Gasteiger partial charge in [-0.05, 0) is 188 Å². The molecule has 13 rings (SSSR count). The number of nitrogens with two attached hydrogens (primary N) is 2. The van der Waals surface area contributed by atoms with Crippen LogP contribution >= 0.6 is 57.4 Å². The van der Waals surface area contributed by atoms with Crippen molar-refractivity contribution in [2.75, 3.05) is 52.5 Å². The molecule has 0 aliphatic carbocycles. The third kappa shape index (κ3) is 35.3. The van der Waals surface area contributed by atoms with E-state index in [-0.39, 0.29) is 83.3 Å². The molecular weight excluding hydrogens is 1980 g/mol. The molecular formula is C85H94BCl3F9IN21O9Pd-. The van der Waals surface area contributed by atoms with E-state index in [0.717, 1.165) is 20.6 Å². The van der Waals surface area contributed by atoms with Gasteiger partial charge in [-0.15, -0.1) is 34.8 Å². The number of ether oxygens (including phenoxy) is 3. The van der Waals surface area contributed by atoms with Crippen molar-refractivity contribution in [3.05, 3.63) is 216 Å². The minimum atomic E-state index is -4.51. The standard InChI is InChI=1S/C20H22F3N5O2.C20H18F3N5O2.C18H26BF3N2O4.C8H4IN3.C8H5N3.C6H5N3.C2H3ClO.CH2Cl2.CH4.CH3.Pd.H2/c2*1-12(2)30-16-7-14(6-15(8-16)27-19(29)26-11-20(21,22)23)17-10-25-18-13(9-24)4-3-5-28(17)18;1-11(2)26-14-8-12(19-27-16(3,4)17(5,6)28-19)7-13(9-14)24-15(25)23-10-18(20,21)22;9-7-5-11-8-6(4-10)2-1-3-12(7)8;9-6-7-2-1-4-11-5-3-10-8(7)11;7-4-5-2-1-3-9-6(5)8;3-1-2-4;2-1-3;;;;/h3-8,10,12H,9,11,24H2,1-2H3,(H2,26,27,29);3-8,10,12H,11H2,1-2H3,(H2,26,27,29);7-9,11H,10H2,1-6H3,(H2,23,24,25);1-3,5H;1-5H;1-3H,(H2,8,9);2H,1H2;1H2;1H4;1H3;;1H/q;;;;;;;;;-1;;. The zero-order chi connectivity index (χ0) is 94.2. The summed E-state index contributed by atoms with van der Waals surface area (Å²) in [6, 6.07) is 37.4. The molecule has 12 aromatic rings. The zero-order valence-electron chi connectivity index (χ0n) is 70.7. The van der Waals surface area contributed by atoms with Gasteiger partial charge in [0.15, 0.2) is 16.9 Å². The van der Waals surface area contributed by atoms with Crippen molar-refractivity contribution in [1.29, 1.82) is 21.0 Å². The number of anilines is 4. The SMILES string of the molecule is C.CC(C)Oc1cc(NC(=O)NCC(F)(F)F)cc(-c2cnc3c(C#N)cccn23)c1.CC(C)Oc1cc(NC(=O)NCC(F)(F)F)cc(-c2cnc3c(CN)cccn23)c1.CC(C)Oc1cc(NC(=O)NCC(F)(F)F)cc(B2OC(C)(C)C(C)(C)O2)c1.ClCCl.N#Cc1cccn2c(I)cnc12.N#Cc1cccn2ccnc12.N#Cc1cccnc1N.O=CCCl.[CH3-].[HH].[Pd]. The van der Waals surface area contributed by atoms with E-state index in [1.807, 2.05) is 138 Å². The molecule has 0 atom stereocenters. The third-order valence-corrected chi connectivity index (χ3v) is 17.7. The zero-order valence-corrected chi connectivity index (χ0v) is 76.7. The summed E-state index contributed by atoms with van der Waals surface area (Å²) in [5.74, 6) is 1.71. The van der Waals surface area contributed by atoms with Crippen molar-refractivity contribution < 1.29 is 104 Å². The van der Waals surface area contributed by atoms with E-state index >= 15 is 0 Å². The smallest absolute Gasteiger partial charge is 0.491 e. The van der Waals surface area contributed by atoms with Crippen LogP contribution in [0.25, 0.3) is 45.1 Å². The van der Waals surface area contributed by atoms with Crippen LogP contribution in [0.1, 0.15) is 106 Å². The van der Waals surface area contributed by atoms with Gasteiger partial charge in [0, 0.05) is 124 Å². The minimum Gasteiger partial charge on any atom is -0.491 e. The predicted octanol–water partition coefficient (Wildman–Crippen LogP) is 18.5. The van der Waals surface area contributed by atoms with Gasteiger partial charge >= 0.3 is 43.7 Å². The molecule has 9 aromatic heterocycles. The Kier molecular flexibility index (Phi) is 45.2. The Morgan fingerprint density at radius 2 is 0.908 bits per heavy atom. The first-order valence-corrected chi connectivity index (χ1v) is 40.3. The first-order chi connectivity index (χ1) is 59.9. The number of hydrogen-bond donors (Lipinski definition) is 8. The number of imidazole rings is 4. The first-order valence-electron chi connectivity index (χ1n) is 37.7. The maximum atomic E-state index is 12.3. The van der Waals surface area contributed by atoms with E-state index in [4.69, 9.17) is 90.4 Å². The summed E-state index contributed by atoms with van der Waals surface area (Å²) in [6.45, 7) is 14.7. The Morgan fingerprint density at radius 1 is 0.538 bits per heavy atom. The molecule has 10 heterocycles. The fourth-order valence-corrected chi connectivity index (χ4v) is 11.4. The maximum Gasteiger partial charge on any atom is 0.495 e. The van der Waals surface area contributed by atoms with Crippen LogP contribution in [0, 0.1) is 56.5 Å². The number of amides is 6. The normalized spacial score (nSPS) is 11.9. The summed E-state index contributed by atoms with van der Waals surface area (Å²) in [4.78, 5) is 65.2. The Balaban J connectivity index is 0.000000544. The Morgan fingerprint density at radius 3 is 1.31 bits per heavy atom. The number of nitrogens with zero attached hydrogens (tertiary/aromatic N) is 13. The van der Waals surface area contributed by atoms with Gasteiger partial charge in [-0.3, -0.25) is 13.2 Å². The van der Waals surface area contributed by atoms with E-state index in [1.165, 1.54) is 12.1 Å². The minimum absolute atomic E-state index is 0. The molecule has 0 saturated carbocycles.